The number of rotatable bonds is 1. The first-order valence-electron chi connectivity index (χ1n) is 5.88. The molecule has 6 heteroatoms. The highest BCUT2D eigenvalue weighted by molar-refractivity contribution is 6.26. The third-order valence-electron chi connectivity index (χ3n) is 3.54. The largest absolute Gasteiger partial charge is 0.288 e. The minimum atomic E-state index is -0.366. The van der Waals surface area contributed by atoms with E-state index in [1.165, 1.54) is 6.20 Å². The second-order valence-electron chi connectivity index (χ2n) is 4.81. The van der Waals surface area contributed by atoms with Gasteiger partial charge in [-0.05, 0) is 12.8 Å². The van der Waals surface area contributed by atoms with Crippen molar-refractivity contribution in [3.05, 3.63) is 23.0 Å². The summed E-state index contributed by atoms with van der Waals surface area (Å²) in [6.45, 7) is 0. The molecule has 0 aromatic carbocycles. The summed E-state index contributed by atoms with van der Waals surface area (Å²) in [5, 5.41) is 7.52. The Bertz CT molecular complexity index is 727. The van der Waals surface area contributed by atoms with Gasteiger partial charge in [-0.1, -0.05) is 0 Å². The number of carbonyl (C=O) groups is 2. The van der Waals surface area contributed by atoms with Crippen molar-refractivity contribution in [1.82, 2.24) is 20.1 Å². The fraction of sp³-hybridized carbons (Fsp3) is 0.333. The lowest BCUT2D eigenvalue weighted by molar-refractivity contribution is 0.0880. The van der Waals surface area contributed by atoms with Gasteiger partial charge in [-0.25, -0.2) is 4.98 Å². The van der Waals surface area contributed by atoms with Crippen LogP contribution in [0.4, 0.5) is 0 Å². The van der Waals surface area contributed by atoms with E-state index >= 15 is 0 Å². The van der Waals surface area contributed by atoms with Crippen molar-refractivity contribution < 1.29 is 9.59 Å². The molecule has 18 heavy (non-hydrogen) atoms. The number of pyridine rings is 1. The molecule has 0 spiro atoms. The average molecular weight is 242 g/mol. The molecule has 0 unspecified atom stereocenters. The summed E-state index contributed by atoms with van der Waals surface area (Å²) in [6.07, 6.45) is 3.63. The van der Waals surface area contributed by atoms with Gasteiger partial charge in [0.15, 0.2) is 5.65 Å². The first kappa shape index (κ1) is 9.76. The van der Waals surface area contributed by atoms with E-state index in [1.807, 2.05) is 7.05 Å². The van der Waals surface area contributed by atoms with Crippen LogP contribution in [0.3, 0.4) is 0 Å². The van der Waals surface area contributed by atoms with Crippen molar-refractivity contribution in [3.8, 4) is 0 Å². The van der Waals surface area contributed by atoms with Crippen molar-refractivity contribution >= 4 is 22.8 Å². The Morgan fingerprint density at radius 2 is 2.11 bits per heavy atom. The Hall–Kier alpha value is -2.24. The second-order valence-corrected chi connectivity index (χ2v) is 4.81. The number of aromatic nitrogens is 3. The molecule has 0 saturated heterocycles. The molecule has 3 heterocycles. The third-order valence-corrected chi connectivity index (χ3v) is 3.54. The molecule has 2 aromatic rings. The summed E-state index contributed by atoms with van der Waals surface area (Å²) >= 11 is 0. The maximum Gasteiger partial charge on any atom is 0.260 e. The first-order valence-corrected chi connectivity index (χ1v) is 5.88. The topological polar surface area (TPSA) is 76.9 Å². The lowest BCUT2D eigenvalue weighted by Gasteiger charge is -1.98. The second kappa shape index (κ2) is 2.95. The summed E-state index contributed by atoms with van der Waals surface area (Å²) in [5.41, 5.74) is 2.38. The van der Waals surface area contributed by atoms with Crippen LogP contribution in [0, 0.1) is 0 Å². The number of nitrogens with one attached hydrogen (secondary N) is 1. The summed E-state index contributed by atoms with van der Waals surface area (Å²) in [4.78, 5) is 27.8. The van der Waals surface area contributed by atoms with E-state index < -0.39 is 0 Å². The van der Waals surface area contributed by atoms with Crippen LogP contribution in [0.2, 0.25) is 0 Å². The van der Waals surface area contributed by atoms with E-state index in [0.29, 0.717) is 22.7 Å². The first-order chi connectivity index (χ1) is 8.66. The van der Waals surface area contributed by atoms with Gasteiger partial charge >= 0.3 is 0 Å². The molecule has 1 saturated carbocycles. The number of imide groups is 1. The minimum absolute atomic E-state index is 0.336. The van der Waals surface area contributed by atoms with E-state index in [0.717, 1.165) is 23.9 Å². The van der Waals surface area contributed by atoms with Gasteiger partial charge in [0.25, 0.3) is 11.8 Å². The van der Waals surface area contributed by atoms with Gasteiger partial charge in [-0.2, -0.15) is 5.10 Å². The lowest BCUT2D eigenvalue weighted by Crippen LogP contribution is -2.20. The Kier molecular flexibility index (Phi) is 1.60. The number of carbonyl (C=O) groups excluding carboxylic acids is 2. The van der Waals surface area contributed by atoms with Crippen LogP contribution in [-0.2, 0) is 7.05 Å². The van der Waals surface area contributed by atoms with E-state index in [-0.39, 0.29) is 11.8 Å². The molecule has 2 amide bonds. The Morgan fingerprint density at radius 1 is 1.33 bits per heavy atom. The normalized spacial score (nSPS) is 18.3. The minimum Gasteiger partial charge on any atom is -0.288 e. The predicted molar refractivity (Wildman–Crippen MR) is 62.3 cm³/mol. The number of hydrogen-bond acceptors (Lipinski definition) is 4. The molecule has 4 rings (SSSR count). The van der Waals surface area contributed by atoms with Gasteiger partial charge in [0.1, 0.15) is 0 Å². The van der Waals surface area contributed by atoms with Crippen LogP contribution in [0.25, 0.3) is 11.0 Å². The Labute approximate surface area is 102 Å². The van der Waals surface area contributed by atoms with Crippen LogP contribution in [0.15, 0.2) is 6.20 Å². The van der Waals surface area contributed by atoms with Crippen molar-refractivity contribution in [2.24, 2.45) is 7.05 Å². The zero-order valence-corrected chi connectivity index (χ0v) is 9.73. The zero-order chi connectivity index (χ0) is 12.4. The van der Waals surface area contributed by atoms with Crippen molar-refractivity contribution in [2.45, 2.75) is 18.8 Å². The summed E-state index contributed by atoms with van der Waals surface area (Å²) in [7, 11) is 1.81. The van der Waals surface area contributed by atoms with Gasteiger partial charge in [0.05, 0.1) is 22.2 Å². The molecule has 0 atom stereocenters. The number of fused-ring (bicyclic) bond motifs is 3. The number of nitrogens with zero attached hydrogens (tertiary/aromatic N) is 3. The fourth-order valence-electron chi connectivity index (χ4n) is 2.53. The van der Waals surface area contributed by atoms with E-state index in [2.05, 4.69) is 15.4 Å². The van der Waals surface area contributed by atoms with Crippen LogP contribution in [-0.4, -0.2) is 26.6 Å². The van der Waals surface area contributed by atoms with E-state index in [9.17, 15) is 9.59 Å². The summed E-state index contributed by atoms with van der Waals surface area (Å²) < 4.78 is 1.68. The van der Waals surface area contributed by atoms with Gasteiger partial charge < -0.3 is 0 Å². The zero-order valence-electron chi connectivity index (χ0n) is 9.73. The SMILES string of the molecule is Cn1nc(C2CC2)c2c3c(cnc21)C(=O)NC3=O. The monoisotopic (exact) mass is 242 g/mol. The Balaban J connectivity index is 2.16. The molecule has 6 nitrogen and oxygen atoms in total. The maximum atomic E-state index is 11.9. The molecule has 90 valence electrons. The van der Waals surface area contributed by atoms with Crippen LogP contribution in [0.1, 0.15) is 45.2 Å². The van der Waals surface area contributed by atoms with Crippen LogP contribution >= 0.6 is 0 Å². The number of hydrogen-bond donors (Lipinski definition) is 1. The quantitative estimate of drug-likeness (QED) is 0.748. The fourth-order valence-corrected chi connectivity index (χ4v) is 2.53. The molecule has 0 bridgehead atoms. The highest BCUT2D eigenvalue weighted by Crippen LogP contribution is 2.43. The standard InChI is InChI=1S/C12H10N4O2/c1-16-10-8(9(15-16)5-2-3-5)7-6(4-13-10)11(17)14-12(7)18/h4-5H,2-3H2,1H3,(H,14,17,18). The van der Waals surface area contributed by atoms with Crippen molar-refractivity contribution in [1.29, 1.82) is 0 Å². The number of aryl methyl sites for hydroxylation is 1. The molecular weight excluding hydrogens is 232 g/mol. The molecule has 1 aliphatic heterocycles. The Morgan fingerprint density at radius 3 is 2.83 bits per heavy atom. The highest BCUT2D eigenvalue weighted by atomic mass is 16.2. The molecule has 1 fully saturated rings. The van der Waals surface area contributed by atoms with Crippen molar-refractivity contribution in [3.63, 3.8) is 0 Å². The molecule has 2 aliphatic rings. The van der Waals surface area contributed by atoms with E-state index in [1.54, 1.807) is 4.68 Å². The number of amides is 2. The van der Waals surface area contributed by atoms with E-state index in [4.69, 9.17) is 0 Å². The van der Waals surface area contributed by atoms with Gasteiger partial charge in [0, 0.05) is 19.2 Å². The molecule has 0 radical (unpaired) electrons. The van der Waals surface area contributed by atoms with Gasteiger partial charge in [-0.15, -0.1) is 0 Å². The smallest absolute Gasteiger partial charge is 0.260 e. The molecule has 1 aliphatic carbocycles. The van der Waals surface area contributed by atoms with Crippen molar-refractivity contribution in [2.75, 3.05) is 0 Å². The highest BCUT2D eigenvalue weighted by Gasteiger charge is 2.36. The van der Waals surface area contributed by atoms with Gasteiger partial charge in [0.2, 0.25) is 0 Å². The van der Waals surface area contributed by atoms with Gasteiger partial charge in [-0.3, -0.25) is 19.6 Å². The molecule has 1 N–H and O–H groups in total. The molecule has 2 aromatic heterocycles. The maximum absolute atomic E-state index is 11.9. The molecular formula is C12H10N4O2. The average Bonchev–Trinajstić information content (AvgIpc) is 3.07. The summed E-state index contributed by atoms with van der Waals surface area (Å²) in [5.74, 6) is -0.294. The lowest BCUT2D eigenvalue weighted by atomic mass is 10.1. The van der Waals surface area contributed by atoms with Crippen LogP contribution in [0.5, 0.6) is 0 Å². The third kappa shape index (κ3) is 1.07. The predicted octanol–water partition coefficient (Wildman–Crippen LogP) is 0.729. The summed E-state index contributed by atoms with van der Waals surface area (Å²) in [6, 6.07) is 0. The van der Waals surface area contributed by atoms with Crippen LogP contribution < -0.4 is 5.32 Å².